The number of benzene rings is 1. The summed E-state index contributed by atoms with van der Waals surface area (Å²) in [6, 6.07) is 5.71. The summed E-state index contributed by atoms with van der Waals surface area (Å²) >= 11 is 6.11. The van der Waals surface area contributed by atoms with Crippen LogP contribution in [0.1, 0.15) is 31.4 Å². The summed E-state index contributed by atoms with van der Waals surface area (Å²) in [6.45, 7) is 1.91. The number of amides is 1. The molecule has 0 aliphatic heterocycles. The smallest absolute Gasteiger partial charge is 0.260 e. The fraction of sp³-hybridized carbons (Fsp3) is 0.500. The van der Waals surface area contributed by atoms with Gasteiger partial charge in [0.15, 0.2) is 6.61 Å². The van der Waals surface area contributed by atoms with Crippen molar-refractivity contribution in [3.8, 4) is 5.75 Å². The lowest BCUT2D eigenvalue weighted by Crippen LogP contribution is -2.33. The van der Waals surface area contributed by atoms with E-state index in [0.717, 1.165) is 18.4 Å². The Morgan fingerprint density at radius 1 is 1.58 bits per heavy atom. The zero-order valence-electron chi connectivity index (χ0n) is 11.2. The highest BCUT2D eigenvalue weighted by Gasteiger charge is 2.29. The van der Waals surface area contributed by atoms with Gasteiger partial charge in [-0.2, -0.15) is 0 Å². The van der Waals surface area contributed by atoms with Gasteiger partial charge in [-0.05, 0) is 37.5 Å². The van der Waals surface area contributed by atoms with Crippen LogP contribution in [0.15, 0.2) is 18.2 Å². The van der Waals surface area contributed by atoms with Gasteiger partial charge in [0, 0.05) is 19.1 Å². The van der Waals surface area contributed by atoms with Crippen LogP contribution >= 0.6 is 11.6 Å². The van der Waals surface area contributed by atoms with E-state index in [4.69, 9.17) is 22.1 Å². The number of carbonyl (C=O) groups is 1. The number of hydrogen-bond donors (Lipinski definition) is 1. The molecule has 1 aliphatic carbocycles. The monoisotopic (exact) mass is 282 g/mol. The molecule has 1 fully saturated rings. The number of rotatable bonds is 5. The molecule has 19 heavy (non-hydrogen) atoms. The van der Waals surface area contributed by atoms with Crippen LogP contribution in [-0.4, -0.2) is 30.5 Å². The number of hydrogen-bond acceptors (Lipinski definition) is 3. The largest absolute Gasteiger partial charge is 0.482 e. The molecule has 1 aromatic rings. The standard InChI is InChI=1S/C14H19ClN2O2/c1-9(16)10-3-6-13(12(15)7-10)19-8-14(18)17(2)11-4-5-11/h3,6-7,9,11H,4-5,8,16H2,1-2H3. The average Bonchev–Trinajstić information content (AvgIpc) is 3.20. The predicted molar refractivity (Wildman–Crippen MR) is 75.3 cm³/mol. The third kappa shape index (κ3) is 3.61. The van der Waals surface area contributed by atoms with Gasteiger partial charge < -0.3 is 15.4 Å². The number of halogens is 1. The highest BCUT2D eigenvalue weighted by Crippen LogP contribution is 2.28. The third-order valence-corrected chi connectivity index (χ3v) is 3.62. The summed E-state index contributed by atoms with van der Waals surface area (Å²) in [5.41, 5.74) is 6.72. The summed E-state index contributed by atoms with van der Waals surface area (Å²) < 4.78 is 5.47. The Labute approximate surface area is 118 Å². The minimum Gasteiger partial charge on any atom is -0.482 e. The molecule has 0 radical (unpaired) electrons. The maximum Gasteiger partial charge on any atom is 0.260 e. The zero-order chi connectivity index (χ0) is 14.0. The lowest BCUT2D eigenvalue weighted by Gasteiger charge is -2.17. The van der Waals surface area contributed by atoms with Gasteiger partial charge in [0.25, 0.3) is 5.91 Å². The molecular weight excluding hydrogens is 264 g/mol. The van der Waals surface area contributed by atoms with Crippen molar-refractivity contribution in [1.82, 2.24) is 4.90 Å². The minimum atomic E-state index is -0.0748. The Morgan fingerprint density at radius 3 is 2.79 bits per heavy atom. The topological polar surface area (TPSA) is 55.6 Å². The Balaban J connectivity index is 1.93. The third-order valence-electron chi connectivity index (χ3n) is 3.32. The first-order valence-electron chi connectivity index (χ1n) is 6.42. The van der Waals surface area contributed by atoms with Crippen LogP contribution in [0.4, 0.5) is 0 Å². The van der Waals surface area contributed by atoms with E-state index in [1.54, 1.807) is 17.0 Å². The molecule has 1 unspecified atom stereocenters. The predicted octanol–water partition coefficient (Wildman–Crippen LogP) is 2.36. The lowest BCUT2D eigenvalue weighted by atomic mass is 10.1. The van der Waals surface area contributed by atoms with Gasteiger partial charge in [0.1, 0.15) is 5.75 Å². The Kier molecular flexibility index (Phi) is 4.32. The molecule has 0 bridgehead atoms. The molecule has 2 N–H and O–H groups in total. The first-order chi connectivity index (χ1) is 8.99. The van der Waals surface area contributed by atoms with Crippen LogP contribution in [0.5, 0.6) is 5.75 Å². The van der Waals surface area contributed by atoms with Gasteiger partial charge in [0.05, 0.1) is 5.02 Å². The molecular formula is C14H19ClN2O2. The highest BCUT2D eigenvalue weighted by molar-refractivity contribution is 6.32. The van der Waals surface area contributed by atoms with Gasteiger partial charge in [-0.25, -0.2) is 0 Å². The fourth-order valence-corrected chi connectivity index (χ4v) is 2.07. The first-order valence-corrected chi connectivity index (χ1v) is 6.80. The van der Waals surface area contributed by atoms with Crippen molar-refractivity contribution >= 4 is 17.5 Å². The van der Waals surface area contributed by atoms with E-state index in [2.05, 4.69) is 0 Å². The quantitative estimate of drug-likeness (QED) is 0.902. The van der Waals surface area contributed by atoms with Crippen LogP contribution in [0.3, 0.4) is 0 Å². The second-order valence-electron chi connectivity index (χ2n) is 5.00. The molecule has 0 aromatic heterocycles. The minimum absolute atomic E-state index is 0.0181. The Hall–Kier alpha value is -1.26. The molecule has 1 aromatic carbocycles. The van der Waals surface area contributed by atoms with E-state index < -0.39 is 0 Å². The lowest BCUT2D eigenvalue weighted by molar-refractivity contribution is -0.132. The fourth-order valence-electron chi connectivity index (χ4n) is 1.82. The summed E-state index contributed by atoms with van der Waals surface area (Å²) in [5, 5.41) is 0.483. The van der Waals surface area contributed by atoms with Crippen LogP contribution in [0, 0.1) is 0 Å². The van der Waals surface area contributed by atoms with Crippen molar-refractivity contribution in [2.45, 2.75) is 31.8 Å². The number of ether oxygens (including phenoxy) is 1. The molecule has 0 saturated heterocycles. The summed E-state index contributed by atoms with van der Waals surface area (Å²) in [5.74, 6) is 0.499. The molecule has 1 atom stereocenters. The molecule has 1 aliphatic rings. The van der Waals surface area contributed by atoms with E-state index in [1.165, 1.54) is 0 Å². The van der Waals surface area contributed by atoms with Crippen molar-refractivity contribution in [2.75, 3.05) is 13.7 Å². The van der Waals surface area contributed by atoms with E-state index >= 15 is 0 Å². The van der Waals surface area contributed by atoms with Gasteiger partial charge in [0.2, 0.25) is 0 Å². The van der Waals surface area contributed by atoms with E-state index in [0.29, 0.717) is 16.8 Å². The Morgan fingerprint density at radius 2 is 2.26 bits per heavy atom. The summed E-state index contributed by atoms with van der Waals surface area (Å²) in [6.07, 6.45) is 2.18. The van der Waals surface area contributed by atoms with E-state index in [-0.39, 0.29) is 18.6 Å². The molecule has 0 heterocycles. The van der Waals surface area contributed by atoms with Crippen molar-refractivity contribution in [3.63, 3.8) is 0 Å². The van der Waals surface area contributed by atoms with Crippen molar-refractivity contribution in [3.05, 3.63) is 28.8 Å². The molecule has 4 nitrogen and oxygen atoms in total. The van der Waals surface area contributed by atoms with Crippen LogP contribution < -0.4 is 10.5 Å². The average molecular weight is 283 g/mol. The molecule has 0 spiro atoms. The van der Waals surface area contributed by atoms with Gasteiger partial charge in [-0.15, -0.1) is 0 Å². The second kappa shape index (κ2) is 5.80. The molecule has 2 rings (SSSR count). The first kappa shape index (κ1) is 14.2. The number of carbonyl (C=O) groups excluding carboxylic acids is 1. The van der Waals surface area contributed by atoms with Crippen LogP contribution in [-0.2, 0) is 4.79 Å². The van der Waals surface area contributed by atoms with Gasteiger partial charge >= 0.3 is 0 Å². The van der Waals surface area contributed by atoms with Crippen molar-refractivity contribution in [1.29, 1.82) is 0 Å². The molecule has 104 valence electrons. The number of nitrogens with zero attached hydrogens (tertiary/aromatic N) is 1. The molecule has 1 amide bonds. The highest BCUT2D eigenvalue weighted by atomic mass is 35.5. The summed E-state index contributed by atoms with van der Waals surface area (Å²) in [7, 11) is 1.81. The van der Waals surface area contributed by atoms with Gasteiger partial charge in [-0.3, -0.25) is 4.79 Å². The number of likely N-dealkylation sites (N-methyl/N-ethyl adjacent to an activating group) is 1. The van der Waals surface area contributed by atoms with Crippen LogP contribution in [0.2, 0.25) is 5.02 Å². The zero-order valence-corrected chi connectivity index (χ0v) is 12.0. The van der Waals surface area contributed by atoms with E-state index in [1.807, 2.05) is 20.0 Å². The normalized spacial score (nSPS) is 16.0. The van der Waals surface area contributed by atoms with Crippen molar-refractivity contribution in [2.24, 2.45) is 5.73 Å². The van der Waals surface area contributed by atoms with Gasteiger partial charge in [-0.1, -0.05) is 17.7 Å². The SMILES string of the molecule is CC(N)c1ccc(OCC(=O)N(C)C2CC2)c(Cl)c1. The maximum absolute atomic E-state index is 11.8. The van der Waals surface area contributed by atoms with E-state index in [9.17, 15) is 4.79 Å². The second-order valence-corrected chi connectivity index (χ2v) is 5.41. The maximum atomic E-state index is 11.8. The van der Waals surface area contributed by atoms with Crippen molar-refractivity contribution < 1.29 is 9.53 Å². The summed E-state index contributed by atoms with van der Waals surface area (Å²) in [4.78, 5) is 13.6. The molecule has 5 heteroatoms. The van der Waals surface area contributed by atoms with Crippen LogP contribution in [0.25, 0.3) is 0 Å². The number of nitrogens with two attached hydrogens (primary N) is 1. The molecule has 1 saturated carbocycles. The Bertz CT molecular complexity index is 473.